The minimum atomic E-state index is -4.37. The maximum absolute atomic E-state index is 10.1. The number of aliphatic hydroxyl groups is 1. The van der Waals surface area contributed by atoms with Gasteiger partial charge in [0.25, 0.3) is 0 Å². The fraction of sp³-hybridized carbons (Fsp3) is 1.00. The molecule has 3 N–H and O–H groups in total. The second-order valence-corrected chi connectivity index (χ2v) is 3.74. The molecule has 2 atom stereocenters. The molecule has 5 nitrogen and oxygen atoms in total. The molecule has 2 unspecified atom stereocenters. The van der Waals surface area contributed by atoms with Gasteiger partial charge in [0, 0.05) is 5.92 Å². The van der Waals surface area contributed by atoms with Gasteiger partial charge in [0.2, 0.25) is 0 Å². The van der Waals surface area contributed by atoms with Crippen molar-refractivity contribution < 1.29 is 24.0 Å². The first-order chi connectivity index (χ1) is 4.83. The Hall–Kier alpha value is 0.0700. The first-order valence-corrected chi connectivity index (χ1v) is 4.74. The Balaban J connectivity index is 3.63. The SMILES string of the molecule is CC(O)C(C)COP(=O)(O)O. The van der Waals surface area contributed by atoms with Crippen molar-refractivity contribution in [1.29, 1.82) is 0 Å². The highest BCUT2D eigenvalue weighted by molar-refractivity contribution is 7.46. The summed E-state index contributed by atoms with van der Waals surface area (Å²) in [6.07, 6.45) is -0.624. The third-order valence-electron chi connectivity index (χ3n) is 1.33. The Kier molecular flexibility index (Phi) is 4.21. The molecular weight excluding hydrogens is 171 g/mol. The van der Waals surface area contributed by atoms with Gasteiger partial charge in [-0.3, -0.25) is 4.52 Å². The smallest absolute Gasteiger partial charge is 0.393 e. The molecule has 0 spiro atoms. The summed E-state index contributed by atoms with van der Waals surface area (Å²) in [6, 6.07) is 0. The average molecular weight is 184 g/mol. The number of phosphoric ester groups is 1. The molecule has 0 rings (SSSR count). The molecule has 0 bridgehead atoms. The quantitative estimate of drug-likeness (QED) is 0.540. The molecule has 0 aliphatic rings. The second kappa shape index (κ2) is 4.18. The van der Waals surface area contributed by atoms with Gasteiger partial charge in [0.1, 0.15) is 0 Å². The zero-order valence-corrected chi connectivity index (χ0v) is 7.36. The monoisotopic (exact) mass is 184 g/mol. The molecule has 0 amide bonds. The van der Waals surface area contributed by atoms with E-state index in [-0.39, 0.29) is 12.5 Å². The summed E-state index contributed by atoms with van der Waals surface area (Å²) in [6.45, 7) is 3.04. The standard InChI is InChI=1S/C5H13O5P/c1-4(5(2)6)3-10-11(7,8)9/h4-6H,3H2,1-2H3,(H2,7,8,9). The summed E-state index contributed by atoms with van der Waals surface area (Å²) in [7, 11) is -4.37. The minimum absolute atomic E-state index is 0.137. The van der Waals surface area contributed by atoms with E-state index in [0.717, 1.165) is 0 Å². The Morgan fingerprint density at radius 3 is 2.18 bits per heavy atom. The van der Waals surface area contributed by atoms with Crippen molar-refractivity contribution in [1.82, 2.24) is 0 Å². The summed E-state index contributed by atoms with van der Waals surface area (Å²) in [4.78, 5) is 16.5. The van der Waals surface area contributed by atoms with Crippen molar-refractivity contribution in [2.45, 2.75) is 20.0 Å². The van der Waals surface area contributed by atoms with E-state index in [2.05, 4.69) is 4.52 Å². The van der Waals surface area contributed by atoms with E-state index in [1.807, 2.05) is 0 Å². The topological polar surface area (TPSA) is 87.0 Å². The molecule has 0 aromatic heterocycles. The van der Waals surface area contributed by atoms with Gasteiger partial charge in [-0.15, -0.1) is 0 Å². The molecule has 0 fully saturated rings. The third kappa shape index (κ3) is 6.47. The van der Waals surface area contributed by atoms with Crippen LogP contribution in [0, 0.1) is 5.92 Å². The highest BCUT2D eigenvalue weighted by atomic mass is 31.2. The normalized spacial score (nSPS) is 17.9. The van der Waals surface area contributed by atoms with Gasteiger partial charge < -0.3 is 14.9 Å². The number of rotatable bonds is 4. The van der Waals surface area contributed by atoms with Crippen molar-refractivity contribution in [3.63, 3.8) is 0 Å². The van der Waals surface area contributed by atoms with Gasteiger partial charge in [0.15, 0.2) is 0 Å². The van der Waals surface area contributed by atoms with E-state index < -0.39 is 13.9 Å². The molecule has 0 saturated carbocycles. The zero-order valence-electron chi connectivity index (χ0n) is 6.47. The molecule has 0 saturated heterocycles. The number of hydrogen-bond donors (Lipinski definition) is 3. The summed E-state index contributed by atoms with van der Waals surface area (Å²) in [5.74, 6) is -0.275. The third-order valence-corrected chi connectivity index (χ3v) is 1.81. The Morgan fingerprint density at radius 2 is 1.91 bits per heavy atom. The predicted octanol–water partition coefficient (Wildman–Crippen LogP) is 0.113. The van der Waals surface area contributed by atoms with Gasteiger partial charge in [-0.1, -0.05) is 6.92 Å². The molecule has 11 heavy (non-hydrogen) atoms. The van der Waals surface area contributed by atoms with Crippen LogP contribution in [-0.2, 0) is 9.09 Å². The lowest BCUT2D eigenvalue weighted by molar-refractivity contribution is 0.0848. The van der Waals surface area contributed by atoms with Crippen LogP contribution in [0.2, 0.25) is 0 Å². The van der Waals surface area contributed by atoms with Crippen LogP contribution in [0.3, 0.4) is 0 Å². The van der Waals surface area contributed by atoms with E-state index in [9.17, 15) is 4.57 Å². The van der Waals surface area contributed by atoms with Gasteiger partial charge in [-0.25, -0.2) is 4.57 Å². The van der Waals surface area contributed by atoms with E-state index in [4.69, 9.17) is 14.9 Å². The van der Waals surface area contributed by atoms with Gasteiger partial charge >= 0.3 is 7.82 Å². The fourth-order valence-electron chi connectivity index (χ4n) is 0.354. The Bertz CT molecular complexity index is 151. The van der Waals surface area contributed by atoms with Gasteiger partial charge in [-0.05, 0) is 6.92 Å². The van der Waals surface area contributed by atoms with Crippen molar-refractivity contribution >= 4 is 7.82 Å². The van der Waals surface area contributed by atoms with E-state index in [1.165, 1.54) is 6.92 Å². The molecule has 0 heterocycles. The van der Waals surface area contributed by atoms with Crippen LogP contribution < -0.4 is 0 Å². The second-order valence-electron chi connectivity index (χ2n) is 2.50. The molecule has 0 aromatic carbocycles. The molecular formula is C5H13O5P. The van der Waals surface area contributed by atoms with Crippen molar-refractivity contribution in [3.05, 3.63) is 0 Å². The molecule has 0 aliphatic carbocycles. The van der Waals surface area contributed by atoms with Crippen LogP contribution in [0.4, 0.5) is 0 Å². The minimum Gasteiger partial charge on any atom is -0.393 e. The van der Waals surface area contributed by atoms with Crippen molar-refractivity contribution in [3.8, 4) is 0 Å². The lowest BCUT2D eigenvalue weighted by Crippen LogP contribution is -2.18. The molecule has 68 valence electrons. The van der Waals surface area contributed by atoms with E-state index in [0.29, 0.717) is 0 Å². The van der Waals surface area contributed by atoms with E-state index >= 15 is 0 Å². The predicted molar refractivity (Wildman–Crippen MR) is 38.8 cm³/mol. The van der Waals surface area contributed by atoms with Crippen LogP contribution in [0.1, 0.15) is 13.8 Å². The number of aliphatic hydroxyl groups excluding tert-OH is 1. The lowest BCUT2D eigenvalue weighted by Gasteiger charge is -2.14. The summed E-state index contributed by atoms with van der Waals surface area (Å²) in [5, 5.41) is 8.88. The van der Waals surface area contributed by atoms with Crippen LogP contribution in [0.5, 0.6) is 0 Å². The molecule has 0 aromatic rings. The Morgan fingerprint density at radius 1 is 1.45 bits per heavy atom. The highest BCUT2D eigenvalue weighted by Crippen LogP contribution is 2.36. The summed E-state index contributed by atoms with van der Waals surface area (Å²) < 4.78 is 14.3. The van der Waals surface area contributed by atoms with Crippen molar-refractivity contribution in [2.24, 2.45) is 5.92 Å². The first-order valence-electron chi connectivity index (χ1n) is 3.21. The fourth-order valence-corrected chi connectivity index (χ4v) is 0.783. The average Bonchev–Trinajstić information content (AvgIpc) is 1.80. The maximum atomic E-state index is 10.1. The lowest BCUT2D eigenvalue weighted by atomic mass is 10.1. The highest BCUT2D eigenvalue weighted by Gasteiger charge is 2.17. The van der Waals surface area contributed by atoms with Crippen LogP contribution in [-0.4, -0.2) is 27.6 Å². The molecule has 6 heteroatoms. The number of hydrogen-bond acceptors (Lipinski definition) is 3. The molecule has 0 radical (unpaired) electrons. The zero-order chi connectivity index (χ0) is 9.07. The van der Waals surface area contributed by atoms with E-state index in [1.54, 1.807) is 6.92 Å². The summed E-state index contributed by atoms with van der Waals surface area (Å²) >= 11 is 0. The van der Waals surface area contributed by atoms with Gasteiger partial charge in [0.05, 0.1) is 12.7 Å². The van der Waals surface area contributed by atoms with Crippen LogP contribution in [0.15, 0.2) is 0 Å². The summed E-state index contributed by atoms with van der Waals surface area (Å²) in [5.41, 5.74) is 0. The Labute approximate surface area is 65.2 Å². The van der Waals surface area contributed by atoms with Crippen LogP contribution >= 0.6 is 7.82 Å². The maximum Gasteiger partial charge on any atom is 0.469 e. The largest absolute Gasteiger partial charge is 0.469 e. The van der Waals surface area contributed by atoms with Crippen LogP contribution in [0.25, 0.3) is 0 Å². The number of phosphoric acid groups is 1. The first kappa shape index (κ1) is 11.1. The van der Waals surface area contributed by atoms with Crippen molar-refractivity contribution in [2.75, 3.05) is 6.61 Å². The van der Waals surface area contributed by atoms with Gasteiger partial charge in [-0.2, -0.15) is 0 Å². The molecule has 0 aliphatic heterocycles.